The monoisotopic (exact) mass is 942 g/mol. The lowest BCUT2D eigenvalue weighted by atomic mass is 9.52. The molecular weight excluding hydrogens is 901 g/mol. The lowest BCUT2D eigenvalue weighted by Crippen LogP contribution is -2.43. The first-order valence-corrected chi connectivity index (χ1v) is 26.0. The first-order chi connectivity index (χ1) is 36.2. The van der Waals surface area contributed by atoms with Crippen LogP contribution in [-0.4, -0.2) is 9.97 Å². The van der Waals surface area contributed by atoms with Gasteiger partial charge >= 0.3 is 0 Å². The molecule has 0 N–H and O–H groups in total. The molecule has 11 aromatic carbocycles. The Morgan fingerprint density at radius 2 is 0.822 bits per heavy atom. The van der Waals surface area contributed by atoms with E-state index in [1.165, 1.54) is 103 Å². The molecular formula is C70H42N2S. The van der Waals surface area contributed by atoms with Gasteiger partial charge in [-0.2, -0.15) is 0 Å². The topological polar surface area (TPSA) is 25.8 Å². The summed E-state index contributed by atoms with van der Waals surface area (Å²) in [6.07, 6.45) is 0. The highest BCUT2D eigenvalue weighted by Crippen LogP contribution is 2.68. The molecule has 2 aromatic heterocycles. The molecule has 3 aliphatic carbocycles. The van der Waals surface area contributed by atoms with Crippen molar-refractivity contribution in [2.75, 3.05) is 0 Å². The average Bonchev–Trinajstić information content (AvgIpc) is 4.10. The number of aromatic nitrogens is 2. The lowest BCUT2D eigenvalue weighted by Gasteiger charge is -2.49. The Bertz CT molecular complexity index is 4350. The van der Waals surface area contributed by atoms with Crippen molar-refractivity contribution in [3.8, 4) is 67.3 Å². The summed E-state index contributed by atoms with van der Waals surface area (Å²) in [6, 6.07) is 94.7. The van der Waals surface area contributed by atoms with Crippen molar-refractivity contribution in [1.82, 2.24) is 9.97 Å². The van der Waals surface area contributed by atoms with Crippen molar-refractivity contribution >= 4 is 42.3 Å². The lowest BCUT2D eigenvalue weighted by molar-refractivity contribution is 0.636. The van der Waals surface area contributed by atoms with Gasteiger partial charge in [0.15, 0.2) is 5.82 Å². The maximum Gasteiger partial charge on any atom is 0.160 e. The minimum Gasteiger partial charge on any atom is -0.228 e. The van der Waals surface area contributed by atoms with Crippen LogP contribution >= 0.6 is 11.3 Å². The number of nitrogens with zero attached hydrogens (tertiary/aromatic N) is 2. The van der Waals surface area contributed by atoms with Crippen LogP contribution in [0, 0.1) is 0 Å². The highest BCUT2D eigenvalue weighted by atomic mass is 32.1. The van der Waals surface area contributed by atoms with Gasteiger partial charge in [0.2, 0.25) is 0 Å². The van der Waals surface area contributed by atoms with Crippen LogP contribution in [0.1, 0.15) is 44.5 Å². The Labute approximate surface area is 427 Å². The molecule has 0 unspecified atom stereocenters. The zero-order chi connectivity index (χ0) is 47.8. The molecule has 3 heteroatoms. The Balaban J connectivity index is 0.905. The summed E-state index contributed by atoms with van der Waals surface area (Å²) in [5.74, 6) is 0.710. The van der Waals surface area contributed by atoms with Gasteiger partial charge in [-0.25, -0.2) is 9.97 Å². The van der Waals surface area contributed by atoms with Crippen molar-refractivity contribution in [2.45, 2.75) is 10.8 Å². The molecule has 16 rings (SSSR count). The molecule has 0 fully saturated rings. The van der Waals surface area contributed by atoms with Gasteiger partial charge in [0.05, 0.1) is 22.2 Å². The third kappa shape index (κ3) is 5.47. The number of fused-ring (bicyclic) bond motifs is 21. The summed E-state index contributed by atoms with van der Waals surface area (Å²) < 4.78 is 2.67. The number of thiophene rings is 1. The van der Waals surface area contributed by atoms with Crippen LogP contribution in [0.5, 0.6) is 0 Å². The zero-order valence-electron chi connectivity index (χ0n) is 39.6. The van der Waals surface area contributed by atoms with E-state index in [9.17, 15) is 0 Å². The molecule has 13 aromatic rings. The molecule has 73 heavy (non-hydrogen) atoms. The van der Waals surface area contributed by atoms with Gasteiger partial charge in [-0.05, 0) is 107 Å². The minimum atomic E-state index is -0.594. The van der Waals surface area contributed by atoms with E-state index in [-0.39, 0.29) is 0 Å². The van der Waals surface area contributed by atoms with E-state index < -0.39 is 10.8 Å². The van der Waals surface area contributed by atoms with Crippen molar-refractivity contribution < 1.29 is 0 Å². The second-order valence-corrected chi connectivity index (χ2v) is 20.9. The van der Waals surface area contributed by atoms with Crippen molar-refractivity contribution in [1.29, 1.82) is 0 Å². The standard InChI is InChI=1S/C70H42N2S/c1-2-18-46(19-3-1)68-71-63(42-64(72-68)51-25-16-20-44-17-4-5-21-48(44)51)45-35-33-43(34-36-45)47-37-40-58-55(41-47)53-38-39-54-52-24-8-15-32-65(52)73-67(54)66(53)70(58)61-30-13-11-28-59(61)69(60-29-12-14-31-62(60)70)56-26-9-6-22-49(56)50-23-7-10-27-57(50)69/h1-42H. The fourth-order valence-corrected chi connectivity index (χ4v) is 14.8. The quantitative estimate of drug-likeness (QED) is 0.176. The van der Waals surface area contributed by atoms with Crippen LogP contribution in [0.4, 0.5) is 0 Å². The fourth-order valence-electron chi connectivity index (χ4n) is 13.5. The summed E-state index contributed by atoms with van der Waals surface area (Å²) in [6.45, 7) is 0. The molecule has 0 radical (unpaired) electrons. The third-order valence-corrected chi connectivity index (χ3v) is 17.6. The molecule has 0 aliphatic heterocycles. The van der Waals surface area contributed by atoms with E-state index in [0.29, 0.717) is 5.82 Å². The summed E-state index contributed by atoms with van der Waals surface area (Å²) in [7, 11) is 0. The number of rotatable bonds is 4. The summed E-state index contributed by atoms with van der Waals surface area (Å²) >= 11 is 1.94. The van der Waals surface area contributed by atoms with Crippen molar-refractivity contribution in [3.63, 3.8) is 0 Å². The maximum atomic E-state index is 5.22. The molecule has 0 amide bonds. The molecule has 2 heterocycles. The predicted molar refractivity (Wildman–Crippen MR) is 302 cm³/mol. The van der Waals surface area contributed by atoms with E-state index in [0.717, 1.165) is 33.6 Å². The Hall–Kier alpha value is -9.02. The molecule has 0 atom stereocenters. The second kappa shape index (κ2) is 15.2. The van der Waals surface area contributed by atoms with Crippen molar-refractivity contribution in [2.24, 2.45) is 0 Å². The fraction of sp³-hybridized carbons (Fsp3) is 0.0286. The van der Waals surface area contributed by atoms with Crippen LogP contribution in [-0.2, 0) is 10.8 Å². The summed E-state index contributed by atoms with van der Waals surface area (Å²) in [5.41, 5.74) is 22.2. The van der Waals surface area contributed by atoms with E-state index >= 15 is 0 Å². The predicted octanol–water partition coefficient (Wildman–Crippen LogP) is 17.7. The number of hydrogen-bond donors (Lipinski definition) is 0. The highest BCUT2D eigenvalue weighted by molar-refractivity contribution is 7.26. The zero-order valence-corrected chi connectivity index (χ0v) is 40.4. The summed E-state index contributed by atoms with van der Waals surface area (Å²) in [4.78, 5) is 10.4. The normalized spacial score (nSPS) is 14.0. The second-order valence-electron chi connectivity index (χ2n) is 19.8. The van der Waals surface area contributed by atoms with Crippen LogP contribution in [0.3, 0.4) is 0 Å². The SMILES string of the molecule is c1ccc(-c2nc(-c3ccc(-c4ccc5c(c4)-c4ccc6c(sc7ccccc76)c4C54c5ccccc5C5(c6ccccc6-c6ccccc65)c5ccccc54)cc3)cc(-c3cccc4ccccc34)n2)cc1. The van der Waals surface area contributed by atoms with Gasteiger partial charge in [0.1, 0.15) is 0 Å². The smallest absolute Gasteiger partial charge is 0.160 e. The number of hydrogen-bond acceptors (Lipinski definition) is 3. The van der Waals surface area contributed by atoms with Crippen LogP contribution in [0.15, 0.2) is 255 Å². The van der Waals surface area contributed by atoms with Crippen LogP contribution < -0.4 is 0 Å². The summed E-state index contributed by atoms with van der Waals surface area (Å²) in [5, 5.41) is 4.99. The van der Waals surface area contributed by atoms with Gasteiger partial charge < -0.3 is 0 Å². The Morgan fingerprint density at radius 3 is 1.55 bits per heavy atom. The van der Waals surface area contributed by atoms with Crippen molar-refractivity contribution in [3.05, 3.63) is 299 Å². The van der Waals surface area contributed by atoms with Gasteiger partial charge in [0.25, 0.3) is 0 Å². The van der Waals surface area contributed by atoms with Gasteiger partial charge in [-0.1, -0.05) is 237 Å². The molecule has 0 saturated carbocycles. The molecule has 338 valence electrons. The van der Waals surface area contributed by atoms with Crippen LogP contribution in [0.25, 0.3) is 98.2 Å². The molecule has 3 aliphatic rings. The van der Waals surface area contributed by atoms with Gasteiger partial charge in [0, 0.05) is 36.9 Å². The van der Waals surface area contributed by atoms with E-state index in [4.69, 9.17) is 9.97 Å². The van der Waals surface area contributed by atoms with Crippen LogP contribution in [0.2, 0.25) is 0 Å². The molecule has 0 saturated heterocycles. The largest absolute Gasteiger partial charge is 0.228 e. The Kier molecular flexibility index (Phi) is 8.50. The minimum absolute atomic E-state index is 0.495. The Morgan fingerprint density at radius 1 is 0.288 bits per heavy atom. The molecule has 2 nitrogen and oxygen atoms in total. The van der Waals surface area contributed by atoms with E-state index in [1.807, 2.05) is 17.4 Å². The van der Waals surface area contributed by atoms with E-state index in [2.05, 4.69) is 249 Å². The van der Waals surface area contributed by atoms with Gasteiger partial charge in [-0.15, -0.1) is 11.3 Å². The molecule has 0 bridgehead atoms. The maximum absolute atomic E-state index is 5.22. The highest BCUT2D eigenvalue weighted by Gasteiger charge is 2.59. The average molecular weight is 943 g/mol. The molecule has 2 spiro atoms. The first-order valence-electron chi connectivity index (χ1n) is 25.2. The van der Waals surface area contributed by atoms with E-state index in [1.54, 1.807) is 0 Å². The third-order valence-electron chi connectivity index (χ3n) is 16.4. The van der Waals surface area contributed by atoms with Gasteiger partial charge in [-0.3, -0.25) is 0 Å². The number of benzene rings is 11. The first kappa shape index (κ1) is 40.7.